The summed E-state index contributed by atoms with van der Waals surface area (Å²) in [6.07, 6.45) is 0. The average Bonchev–Trinajstić information content (AvgIpc) is 2.82. The normalized spacial score (nSPS) is 10.3. The average molecular weight is 289 g/mol. The Labute approximate surface area is 123 Å². The molecule has 1 heterocycles. The number of benzene rings is 1. The number of hydrogen-bond acceptors (Lipinski definition) is 4. The second kappa shape index (κ2) is 6.30. The number of nitrogens with one attached hydrogen (secondary N) is 2. The predicted molar refractivity (Wildman–Crippen MR) is 78.8 cm³/mol. The molecule has 2 aromatic rings. The standard InChI is InChI=1S/C15H19N3O3/c1-9-11(10(2)18-17-9)8-16-15(19)14-12(20-3)6-5-7-13(14)21-4/h5-7H,8H2,1-4H3,(H,16,19)(H,17,18). The van der Waals surface area contributed by atoms with E-state index >= 15 is 0 Å². The second-order valence-electron chi connectivity index (χ2n) is 4.63. The van der Waals surface area contributed by atoms with Crippen LogP contribution in [0.1, 0.15) is 27.3 Å². The number of carbonyl (C=O) groups excluding carboxylic acids is 1. The van der Waals surface area contributed by atoms with Crippen molar-refractivity contribution in [2.75, 3.05) is 14.2 Å². The van der Waals surface area contributed by atoms with Gasteiger partial charge in [0.25, 0.3) is 5.91 Å². The minimum atomic E-state index is -0.246. The first-order chi connectivity index (χ1) is 10.1. The van der Waals surface area contributed by atoms with Crippen molar-refractivity contribution in [1.82, 2.24) is 15.5 Å². The van der Waals surface area contributed by atoms with Crippen LogP contribution in [0.5, 0.6) is 11.5 Å². The first kappa shape index (κ1) is 14.9. The van der Waals surface area contributed by atoms with E-state index in [2.05, 4.69) is 15.5 Å². The van der Waals surface area contributed by atoms with Crippen molar-refractivity contribution in [2.24, 2.45) is 0 Å². The van der Waals surface area contributed by atoms with Gasteiger partial charge in [0.2, 0.25) is 0 Å². The topological polar surface area (TPSA) is 76.2 Å². The van der Waals surface area contributed by atoms with Crippen LogP contribution in [-0.4, -0.2) is 30.3 Å². The number of H-pyrrole nitrogens is 1. The van der Waals surface area contributed by atoms with E-state index < -0.39 is 0 Å². The lowest BCUT2D eigenvalue weighted by Gasteiger charge is -2.13. The summed E-state index contributed by atoms with van der Waals surface area (Å²) in [4.78, 5) is 12.4. The van der Waals surface area contributed by atoms with Crippen LogP contribution >= 0.6 is 0 Å². The molecule has 1 aromatic heterocycles. The molecule has 0 unspecified atom stereocenters. The van der Waals surface area contributed by atoms with Crippen LogP contribution in [0.3, 0.4) is 0 Å². The highest BCUT2D eigenvalue weighted by Crippen LogP contribution is 2.28. The number of aromatic nitrogens is 2. The fourth-order valence-corrected chi connectivity index (χ4v) is 2.17. The van der Waals surface area contributed by atoms with Crippen molar-refractivity contribution in [2.45, 2.75) is 20.4 Å². The third-order valence-corrected chi connectivity index (χ3v) is 3.36. The van der Waals surface area contributed by atoms with E-state index in [0.29, 0.717) is 23.6 Å². The van der Waals surface area contributed by atoms with Gasteiger partial charge in [-0.25, -0.2) is 0 Å². The van der Waals surface area contributed by atoms with Crippen LogP contribution in [-0.2, 0) is 6.54 Å². The van der Waals surface area contributed by atoms with Crippen molar-refractivity contribution >= 4 is 5.91 Å². The third kappa shape index (κ3) is 2.99. The minimum Gasteiger partial charge on any atom is -0.496 e. The number of ether oxygens (including phenoxy) is 2. The van der Waals surface area contributed by atoms with Gasteiger partial charge in [0.05, 0.1) is 19.9 Å². The molecule has 0 bridgehead atoms. The fraction of sp³-hybridized carbons (Fsp3) is 0.333. The summed E-state index contributed by atoms with van der Waals surface area (Å²) in [5, 5.41) is 9.88. The molecular weight excluding hydrogens is 270 g/mol. The maximum absolute atomic E-state index is 12.4. The summed E-state index contributed by atoms with van der Waals surface area (Å²) in [5.41, 5.74) is 3.19. The Morgan fingerprint density at radius 1 is 1.24 bits per heavy atom. The zero-order valence-electron chi connectivity index (χ0n) is 12.6. The van der Waals surface area contributed by atoms with Crippen molar-refractivity contribution in [3.63, 3.8) is 0 Å². The van der Waals surface area contributed by atoms with E-state index in [1.807, 2.05) is 13.8 Å². The maximum Gasteiger partial charge on any atom is 0.259 e. The van der Waals surface area contributed by atoms with Gasteiger partial charge in [-0.15, -0.1) is 0 Å². The van der Waals surface area contributed by atoms with Gasteiger partial charge in [-0.05, 0) is 26.0 Å². The summed E-state index contributed by atoms with van der Waals surface area (Å²) in [5.74, 6) is 0.712. The van der Waals surface area contributed by atoms with Crippen molar-refractivity contribution in [3.8, 4) is 11.5 Å². The lowest BCUT2D eigenvalue weighted by molar-refractivity contribution is 0.0944. The predicted octanol–water partition coefficient (Wildman–Crippen LogP) is 1.97. The molecule has 0 aliphatic rings. The summed E-state index contributed by atoms with van der Waals surface area (Å²) in [6.45, 7) is 4.22. The Kier molecular flexibility index (Phi) is 4.47. The number of methoxy groups -OCH3 is 2. The van der Waals surface area contributed by atoms with Gasteiger partial charge in [0.15, 0.2) is 0 Å². The molecule has 0 saturated carbocycles. The summed E-state index contributed by atoms with van der Waals surface area (Å²) in [7, 11) is 3.05. The lowest BCUT2D eigenvalue weighted by Crippen LogP contribution is -2.24. The van der Waals surface area contributed by atoms with E-state index in [1.165, 1.54) is 14.2 Å². The Balaban J connectivity index is 2.21. The zero-order valence-corrected chi connectivity index (χ0v) is 12.6. The monoisotopic (exact) mass is 289 g/mol. The fourth-order valence-electron chi connectivity index (χ4n) is 2.17. The quantitative estimate of drug-likeness (QED) is 0.882. The van der Waals surface area contributed by atoms with Gasteiger partial charge in [0, 0.05) is 17.8 Å². The van der Waals surface area contributed by atoms with Crippen LogP contribution in [0.15, 0.2) is 18.2 Å². The van der Waals surface area contributed by atoms with E-state index in [4.69, 9.17) is 9.47 Å². The molecule has 0 radical (unpaired) electrons. The first-order valence-electron chi connectivity index (χ1n) is 6.58. The van der Waals surface area contributed by atoms with E-state index in [-0.39, 0.29) is 5.91 Å². The van der Waals surface area contributed by atoms with Gasteiger partial charge in [-0.3, -0.25) is 9.89 Å². The zero-order chi connectivity index (χ0) is 15.4. The maximum atomic E-state index is 12.4. The molecule has 112 valence electrons. The van der Waals surface area contributed by atoms with Crippen LogP contribution in [0, 0.1) is 13.8 Å². The molecular formula is C15H19N3O3. The largest absolute Gasteiger partial charge is 0.496 e. The lowest BCUT2D eigenvalue weighted by atomic mass is 10.1. The van der Waals surface area contributed by atoms with Crippen molar-refractivity contribution in [3.05, 3.63) is 40.7 Å². The number of rotatable bonds is 5. The molecule has 1 amide bonds. The van der Waals surface area contributed by atoms with Gasteiger partial charge >= 0.3 is 0 Å². The van der Waals surface area contributed by atoms with E-state index in [9.17, 15) is 4.79 Å². The summed E-state index contributed by atoms with van der Waals surface area (Å²) >= 11 is 0. The van der Waals surface area contributed by atoms with Gasteiger partial charge in [0.1, 0.15) is 17.1 Å². The van der Waals surface area contributed by atoms with Crippen LogP contribution in [0.4, 0.5) is 0 Å². The highest BCUT2D eigenvalue weighted by molar-refractivity contribution is 5.99. The van der Waals surface area contributed by atoms with Crippen molar-refractivity contribution in [1.29, 1.82) is 0 Å². The summed E-state index contributed by atoms with van der Waals surface area (Å²) < 4.78 is 10.5. The van der Waals surface area contributed by atoms with Gasteiger partial charge in [-0.2, -0.15) is 5.10 Å². The van der Waals surface area contributed by atoms with Crippen LogP contribution in [0.25, 0.3) is 0 Å². The van der Waals surface area contributed by atoms with E-state index in [0.717, 1.165) is 17.0 Å². The van der Waals surface area contributed by atoms with Gasteiger partial charge < -0.3 is 14.8 Å². The first-order valence-corrected chi connectivity index (χ1v) is 6.58. The van der Waals surface area contributed by atoms with Crippen molar-refractivity contribution < 1.29 is 14.3 Å². The molecule has 6 heteroatoms. The molecule has 6 nitrogen and oxygen atoms in total. The molecule has 1 aromatic carbocycles. The molecule has 0 aliphatic carbocycles. The third-order valence-electron chi connectivity index (χ3n) is 3.36. The van der Waals surface area contributed by atoms with Crippen LogP contribution < -0.4 is 14.8 Å². The Morgan fingerprint density at radius 2 is 1.86 bits per heavy atom. The summed E-state index contributed by atoms with van der Waals surface area (Å²) in [6, 6.07) is 5.23. The highest BCUT2D eigenvalue weighted by atomic mass is 16.5. The molecule has 0 aliphatic heterocycles. The number of hydrogen-bond donors (Lipinski definition) is 2. The second-order valence-corrected chi connectivity index (χ2v) is 4.63. The molecule has 0 saturated heterocycles. The number of carbonyl (C=O) groups is 1. The SMILES string of the molecule is COc1cccc(OC)c1C(=O)NCc1c(C)n[nH]c1C. The Bertz CT molecular complexity index is 608. The highest BCUT2D eigenvalue weighted by Gasteiger charge is 2.18. The Hall–Kier alpha value is -2.50. The molecule has 2 rings (SSSR count). The Morgan fingerprint density at radius 3 is 2.33 bits per heavy atom. The number of aromatic amines is 1. The number of nitrogens with zero attached hydrogens (tertiary/aromatic N) is 1. The molecule has 21 heavy (non-hydrogen) atoms. The number of aryl methyl sites for hydroxylation is 2. The smallest absolute Gasteiger partial charge is 0.259 e. The van der Waals surface area contributed by atoms with Crippen LogP contribution in [0.2, 0.25) is 0 Å². The molecule has 0 spiro atoms. The molecule has 0 atom stereocenters. The van der Waals surface area contributed by atoms with E-state index in [1.54, 1.807) is 18.2 Å². The molecule has 2 N–H and O–H groups in total. The molecule has 0 fully saturated rings. The number of amides is 1. The van der Waals surface area contributed by atoms with Gasteiger partial charge in [-0.1, -0.05) is 6.07 Å². The minimum absolute atomic E-state index is 0.246.